The first-order chi connectivity index (χ1) is 11.6. The molecule has 2 saturated heterocycles. The van der Waals surface area contributed by atoms with E-state index in [1.807, 2.05) is 35.7 Å². The number of likely N-dealkylation sites (tertiary alicyclic amines) is 1. The van der Waals surface area contributed by atoms with E-state index in [1.54, 1.807) is 0 Å². The van der Waals surface area contributed by atoms with Crippen molar-refractivity contribution in [2.75, 3.05) is 31.1 Å². The Labute approximate surface area is 154 Å². The Hall–Kier alpha value is -0.650. The minimum Gasteiger partial charge on any atom is -0.350 e. The van der Waals surface area contributed by atoms with E-state index in [-0.39, 0.29) is 5.91 Å². The Morgan fingerprint density at radius 2 is 2.00 bits per heavy atom. The van der Waals surface area contributed by atoms with Crippen molar-refractivity contribution < 1.29 is 4.79 Å². The monoisotopic (exact) mass is 364 g/mol. The second-order valence-corrected chi connectivity index (χ2v) is 9.72. The fourth-order valence-electron chi connectivity index (χ4n) is 3.44. The Bertz CT molecular complexity index is 543. The summed E-state index contributed by atoms with van der Waals surface area (Å²) in [6.45, 7) is 7.58. The van der Waals surface area contributed by atoms with Crippen LogP contribution in [0.4, 0.5) is 0 Å². The van der Waals surface area contributed by atoms with E-state index in [1.165, 1.54) is 29.9 Å². The Balaban J connectivity index is 1.49. The lowest BCUT2D eigenvalue weighted by molar-refractivity contribution is 0.0917. The van der Waals surface area contributed by atoms with Crippen LogP contribution in [0.1, 0.15) is 47.2 Å². The summed E-state index contributed by atoms with van der Waals surface area (Å²) < 4.78 is 0.545. The number of thioether (sulfide) groups is 2. The highest BCUT2D eigenvalue weighted by Crippen LogP contribution is 2.45. The smallest absolute Gasteiger partial charge is 0.251 e. The molecule has 1 aromatic carbocycles. The zero-order valence-electron chi connectivity index (χ0n) is 14.7. The van der Waals surface area contributed by atoms with Crippen LogP contribution in [-0.2, 0) is 0 Å². The molecule has 5 heteroatoms. The van der Waals surface area contributed by atoms with Gasteiger partial charge >= 0.3 is 0 Å². The fraction of sp³-hybridized carbons (Fsp3) is 0.632. The highest BCUT2D eigenvalue weighted by Gasteiger charge is 2.22. The van der Waals surface area contributed by atoms with Crippen molar-refractivity contribution in [2.24, 2.45) is 5.92 Å². The Morgan fingerprint density at radius 1 is 1.29 bits per heavy atom. The lowest BCUT2D eigenvalue weighted by atomic mass is 9.99. The number of hydrogen-bond acceptors (Lipinski definition) is 4. The van der Waals surface area contributed by atoms with Gasteiger partial charge in [0, 0.05) is 36.2 Å². The normalized spacial score (nSPS) is 24.0. The van der Waals surface area contributed by atoms with Crippen LogP contribution < -0.4 is 5.32 Å². The third kappa shape index (κ3) is 4.70. The second-order valence-electron chi connectivity index (χ2n) is 7.00. The highest BCUT2D eigenvalue weighted by molar-refractivity contribution is 8.19. The highest BCUT2D eigenvalue weighted by atomic mass is 32.2. The summed E-state index contributed by atoms with van der Waals surface area (Å²) in [5.41, 5.74) is 2.10. The van der Waals surface area contributed by atoms with Gasteiger partial charge in [0.25, 0.3) is 5.91 Å². The summed E-state index contributed by atoms with van der Waals surface area (Å²) in [6, 6.07) is 8.57. The van der Waals surface area contributed by atoms with Gasteiger partial charge in [-0.15, -0.1) is 23.5 Å². The molecular weight excluding hydrogens is 336 g/mol. The quantitative estimate of drug-likeness (QED) is 0.855. The molecule has 0 aromatic heterocycles. The van der Waals surface area contributed by atoms with Gasteiger partial charge in [0.05, 0.1) is 4.58 Å². The van der Waals surface area contributed by atoms with Gasteiger partial charge in [0.15, 0.2) is 0 Å². The number of nitrogens with zero attached hydrogens (tertiary/aromatic N) is 1. The zero-order valence-corrected chi connectivity index (χ0v) is 16.3. The van der Waals surface area contributed by atoms with Gasteiger partial charge < -0.3 is 5.32 Å². The first-order valence-corrected chi connectivity index (χ1v) is 11.1. The third-order valence-electron chi connectivity index (χ3n) is 4.94. The molecular formula is C19H28N2OS2. The Kier molecular flexibility index (Phi) is 6.53. The van der Waals surface area contributed by atoms with Gasteiger partial charge in [-0.05, 0) is 49.9 Å². The van der Waals surface area contributed by atoms with Crippen LogP contribution in [0.15, 0.2) is 24.3 Å². The van der Waals surface area contributed by atoms with Crippen molar-refractivity contribution in [3.63, 3.8) is 0 Å². The van der Waals surface area contributed by atoms with Crippen molar-refractivity contribution >= 4 is 29.4 Å². The molecule has 132 valence electrons. The van der Waals surface area contributed by atoms with Crippen LogP contribution in [0.3, 0.4) is 0 Å². The van der Waals surface area contributed by atoms with E-state index < -0.39 is 0 Å². The van der Waals surface area contributed by atoms with Gasteiger partial charge in [-0.1, -0.05) is 19.1 Å². The molecule has 1 N–H and O–H groups in total. The lowest BCUT2D eigenvalue weighted by Gasteiger charge is -2.35. The third-order valence-corrected chi connectivity index (χ3v) is 8.04. The molecule has 2 atom stereocenters. The van der Waals surface area contributed by atoms with Gasteiger partial charge in [0.1, 0.15) is 0 Å². The van der Waals surface area contributed by atoms with Crippen LogP contribution in [-0.4, -0.2) is 48.0 Å². The minimum absolute atomic E-state index is 0.0465. The van der Waals surface area contributed by atoms with Crippen molar-refractivity contribution in [3.05, 3.63) is 35.4 Å². The standard InChI is InChI=1S/C19H28N2OS2/c1-14-4-3-9-21(13-14)15(2)12-20-18(22)16-5-7-17(8-6-16)19-23-10-11-24-19/h5-8,14-15,19H,3-4,9-13H2,1-2H3,(H,20,22). The van der Waals surface area contributed by atoms with Crippen molar-refractivity contribution in [1.29, 1.82) is 0 Å². The molecule has 2 aliphatic heterocycles. The second kappa shape index (κ2) is 8.63. The molecule has 0 saturated carbocycles. The van der Waals surface area contributed by atoms with Crippen LogP contribution in [0.2, 0.25) is 0 Å². The van der Waals surface area contributed by atoms with E-state index in [0.29, 0.717) is 10.6 Å². The largest absolute Gasteiger partial charge is 0.350 e. The average molecular weight is 365 g/mol. The molecule has 2 unspecified atom stereocenters. The van der Waals surface area contributed by atoms with Crippen LogP contribution in [0.5, 0.6) is 0 Å². The molecule has 3 nitrogen and oxygen atoms in total. The van der Waals surface area contributed by atoms with Crippen LogP contribution in [0.25, 0.3) is 0 Å². The molecule has 0 aliphatic carbocycles. The van der Waals surface area contributed by atoms with Crippen molar-refractivity contribution in [3.8, 4) is 0 Å². The molecule has 0 bridgehead atoms. The van der Waals surface area contributed by atoms with Crippen molar-refractivity contribution in [2.45, 2.75) is 37.3 Å². The SMILES string of the molecule is CC1CCCN(C(C)CNC(=O)c2ccc(C3SCCS3)cc2)C1. The summed E-state index contributed by atoms with van der Waals surface area (Å²) in [4.78, 5) is 14.9. The number of carbonyl (C=O) groups excluding carboxylic acids is 1. The van der Waals surface area contributed by atoms with Crippen LogP contribution >= 0.6 is 23.5 Å². The molecule has 2 heterocycles. The van der Waals surface area contributed by atoms with Gasteiger partial charge in [-0.25, -0.2) is 0 Å². The average Bonchev–Trinajstić information content (AvgIpc) is 3.14. The first kappa shape index (κ1) is 18.2. The first-order valence-electron chi connectivity index (χ1n) is 8.99. The number of benzene rings is 1. The van der Waals surface area contributed by atoms with E-state index in [4.69, 9.17) is 0 Å². The maximum atomic E-state index is 12.4. The molecule has 0 spiro atoms. The summed E-state index contributed by atoms with van der Waals surface area (Å²) in [6.07, 6.45) is 2.61. The number of carbonyl (C=O) groups is 1. The topological polar surface area (TPSA) is 32.3 Å². The van der Waals surface area contributed by atoms with E-state index >= 15 is 0 Å². The molecule has 1 amide bonds. The summed E-state index contributed by atoms with van der Waals surface area (Å²) in [5.74, 6) is 3.27. The number of rotatable bonds is 5. The number of hydrogen-bond donors (Lipinski definition) is 1. The summed E-state index contributed by atoms with van der Waals surface area (Å²) in [7, 11) is 0. The maximum absolute atomic E-state index is 12.4. The molecule has 24 heavy (non-hydrogen) atoms. The van der Waals surface area contributed by atoms with E-state index in [9.17, 15) is 4.79 Å². The Morgan fingerprint density at radius 3 is 2.67 bits per heavy atom. The lowest BCUT2D eigenvalue weighted by Crippen LogP contribution is -2.46. The summed E-state index contributed by atoms with van der Waals surface area (Å²) in [5, 5.41) is 3.11. The van der Waals surface area contributed by atoms with E-state index in [0.717, 1.165) is 31.1 Å². The molecule has 2 fully saturated rings. The van der Waals surface area contributed by atoms with Gasteiger partial charge in [-0.2, -0.15) is 0 Å². The molecule has 1 aromatic rings. The predicted octanol–water partition coefficient (Wildman–Crippen LogP) is 4.02. The number of amides is 1. The predicted molar refractivity (Wildman–Crippen MR) is 106 cm³/mol. The fourth-order valence-corrected chi connectivity index (χ4v) is 6.30. The van der Waals surface area contributed by atoms with Crippen LogP contribution in [0, 0.1) is 5.92 Å². The van der Waals surface area contributed by atoms with E-state index in [2.05, 4.69) is 36.2 Å². The number of nitrogens with one attached hydrogen (secondary N) is 1. The van der Waals surface area contributed by atoms with Crippen molar-refractivity contribution in [1.82, 2.24) is 10.2 Å². The van der Waals surface area contributed by atoms with Gasteiger partial charge in [-0.3, -0.25) is 9.69 Å². The maximum Gasteiger partial charge on any atom is 0.251 e. The van der Waals surface area contributed by atoms with Gasteiger partial charge in [0.2, 0.25) is 0 Å². The molecule has 3 rings (SSSR count). The molecule has 0 radical (unpaired) electrons. The minimum atomic E-state index is 0.0465. The summed E-state index contributed by atoms with van der Waals surface area (Å²) >= 11 is 3.99. The zero-order chi connectivity index (χ0) is 16.9. The number of piperidine rings is 1. The molecule has 2 aliphatic rings.